The van der Waals surface area contributed by atoms with Gasteiger partial charge in [0.2, 0.25) is 0 Å². The fourth-order valence-electron chi connectivity index (χ4n) is 1.61. The van der Waals surface area contributed by atoms with Crippen LogP contribution in [0.15, 0.2) is 0 Å². The van der Waals surface area contributed by atoms with Crippen molar-refractivity contribution in [3.05, 3.63) is 0 Å². The molecule has 0 bridgehead atoms. The van der Waals surface area contributed by atoms with Crippen molar-refractivity contribution in [2.24, 2.45) is 5.73 Å². The number of hydrogen-bond acceptors (Lipinski definition) is 4. The minimum absolute atomic E-state index is 0.800. The van der Waals surface area contributed by atoms with Crippen molar-refractivity contribution in [2.45, 2.75) is 19.3 Å². The molecule has 0 aromatic heterocycles. The van der Waals surface area contributed by atoms with Gasteiger partial charge in [0, 0.05) is 0 Å². The van der Waals surface area contributed by atoms with Crippen LogP contribution in [0.25, 0.3) is 0 Å². The SMILES string of the molecule is CNCCCN(CCCN)CCCNC. The molecular formula is C11H28N4. The highest BCUT2D eigenvalue weighted by Crippen LogP contribution is 1.95. The molecule has 0 aliphatic carbocycles. The first-order valence-corrected chi connectivity index (χ1v) is 6.06. The Kier molecular flexibility index (Phi) is 11.8. The van der Waals surface area contributed by atoms with Crippen LogP contribution in [0.1, 0.15) is 19.3 Å². The van der Waals surface area contributed by atoms with Crippen LogP contribution in [-0.4, -0.2) is 58.3 Å². The summed E-state index contributed by atoms with van der Waals surface area (Å²) in [5.74, 6) is 0. The summed E-state index contributed by atoms with van der Waals surface area (Å²) < 4.78 is 0. The Labute approximate surface area is 94.6 Å². The van der Waals surface area contributed by atoms with Crippen LogP contribution in [-0.2, 0) is 0 Å². The third-order valence-corrected chi connectivity index (χ3v) is 2.48. The number of rotatable bonds is 11. The third-order valence-electron chi connectivity index (χ3n) is 2.48. The maximum atomic E-state index is 5.54. The second kappa shape index (κ2) is 11.9. The molecule has 0 saturated carbocycles. The Hall–Kier alpha value is -0.160. The molecule has 0 aliphatic heterocycles. The molecule has 0 aromatic rings. The summed E-state index contributed by atoms with van der Waals surface area (Å²) in [4.78, 5) is 2.52. The molecule has 4 N–H and O–H groups in total. The normalized spacial score (nSPS) is 11.2. The lowest BCUT2D eigenvalue weighted by Gasteiger charge is -2.21. The fourth-order valence-corrected chi connectivity index (χ4v) is 1.61. The zero-order chi connectivity index (χ0) is 11.4. The minimum Gasteiger partial charge on any atom is -0.330 e. The minimum atomic E-state index is 0.800. The summed E-state index contributed by atoms with van der Waals surface area (Å²) in [5.41, 5.74) is 5.54. The van der Waals surface area contributed by atoms with Crippen LogP contribution in [0.2, 0.25) is 0 Å². The van der Waals surface area contributed by atoms with Crippen molar-refractivity contribution in [2.75, 3.05) is 53.4 Å². The van der Waals surface area contributed by atoms with Gasteiger partial charge >= 0.3 is 0 Å². The molecule has 0 radical (unpaired) electrons. The van der Waals surface area contributed by atoms with Gasteiger partial charge in [0.25, 0.3) is 0 Å². The van der Waals surface area contributed by atoms with E-state index < -0.39 is 0 Å². The lowest BCUT2D eigenvalue weighted by Crippen LogP contribution is -2.31. The molecule has 0 aromatic carbocycles. The van der Waals surface area contributed by atoms with E-state index in [1.54, 1.807) is 0 Å². The van der Waals surface area contributed by atoms with Crippen molar-refractivity contribution < 1.29 is 0 Å². The van der Waals surface area contributed by atoms with Gasteiger partial charge < -0.3 is 21.3 Å². The molecule has 4 heteroatoms. The second-order valence-corrected chi connectivity index (χ2v) is 3.90. The predicted octanol–water partition coefficient (Wildman–Crippen LogP) is -0.144. The molecule has 92 valence electrons. The van der Waals surface area contributed by atoms with Crippen molar-refractivity contribution in [1.29, 1.82) is 0 Å². The molecule has 4 nitrogen and oxygen atoms in total. The Morgan fingerprint density at radius 2 is 1.33 bits per heavy atom. The molecule has 0 rings (SSSR count). The first-order valence-electron chi connectivity index (χ1n) is 6.06. The Morgan fingerprint density at radius 3 is 1.73 bits per heavy atom. The number of hydrogen-bond donors (Lipinski definition) is 3. The summed E-state index contributed by atoms with van der Waals surface area (Å²) in [7, 11) is 4.01. The van der Waals surface area contributed by atoms with Gasteiger partial charge in [-0.1, -0.05) is 0 Å². The van der Waals surface area contributed by atoms with Crippen LogP contribution >= 0.6 is 0 Å². The van der Waals surface area contributed by atoms with Gasteiger partial charge in [-0.05, 0) is 72.6 Å². The quantitative estimate of drug-likeness (QED) is 0.421. The zero-order valence-corrected chi connectivity index (χ0v) is 10.4. The summed E-state index contributed by atoms with van der Waals surface area (Å²) in [5, 5.41) is 6.37. The van der Waals surface area contributed by atoms with Gasteiger partial charge in [-0.2, -0.15) is 0 Å². The highest BCUT2D eigenvalue weighted by atomic mass is 15.1. The van der Waals surface area contributed by atoms with Crippen molar-refractivity contribution in [3.63, 3.8) is 0 Å². The van der Waals surface area contributed by atoms with E-state index in [1.165, 1.54) is 25.9 Å². The zero-order valence-electron chi connectivity index (χ0n) is 10.4. The lowest BCUT2D eigenvalue weighted by atomic mass is 10.3. The molecule has 0 atom stereocenters. The van der Waals surface area contributed by atoms with Crippen LogP contribution in [0.3, 0.4) is 0 Å². The van der Waals surface area contributed by atoms with Crippen LogP contribution in [0, 0.1) is 0 Å². The first kappa shape index (κ1) is 14.8. The Balaban J connectivity index is 3.53. The van der Waals surface area contributed by atoms with E-state index in [2.05, 4.69) is 15.5 Å². The Morgan fingerprint density at radius 1 is 0.867 bits per heavy atom. The topological polar surface area (TPSA) is 53.3 Å². The molecule has 0 amide bonds. The van der Waals surface area contributed by atoms with E-state index >= 15 is 0 Å². The monoisotopic (exact) mass is 216 g/mol. The van der Waals surface area contributed by atoms with Crippen LogP contribution in [0.5, 0.6) is 0 Å². The molecule has 0 fully saturated rings. The fraction of sp³-hybridized carbons (Fsp3) is 1.00. The molecular weight excluding hydrogens is 188 g/mol. The van der Waals surface area contributed by atoms with Crippen molar-refractivity contribution >= 4 is 0 Å². The number of nitrogens with one attached hydrogen (secondary N) is 2. The molecule has 0 heterocycles. The lowest BCUT2D eigenvalue weighted by molar-refractivity contribution is 0.264. The van der Waals surface area contributed by atoms with Gasteiger partial charge in [-0.3, -0.25) is 0 Å². The van der Waals surface area contributed by atoms with E-state index in [4.69, 9.17) is 5.73 Å². The maximum Gasteiger partial charge on any atom is -0.000662 e. The van der Waals surface area contributed by atoms with Gasteiger partial charge in [0.15, 0.2) is 0 Å². The molecule has 0 unspecified atom stereocenters. The number of nitrogens with zero attached hydrogens (tertiary/aromatic N) is 1. The summed E-state index contributed by atoms with van der Waals surface area (Å²) in [6.45, 7) is 6.52. The maximum absolute atomic E-state index is 5.54. The van der Waals surface area contributed by atoms with Gasteiger partial charge in [0.05, 0.1) is 0 Å². The summed E-state index contributed by atoms with van der Waals surface area (Å²) in [6, 6.07) is 0. The van der Waals surface area contributed by atoms with E-state index in [-0.39, 0.29) is 0 Å². The largest absolute Gasteiger partial charge is 0.330 e. The average Bonchev–Trinajstić information content (AvgIpc) is 2.25. The predicted molar refractivity (Wildman–Crippen MR) is 67.2 cm³/mol. The van der Waals surface area contributed by atoms with E-state index in [0.717, 1.165) is 32.6 Å². The van der Waals surface area contributed by atoms with Crippen LogP contribution < -0.4 is 16.4 Å². The summed E-state index contributed by atoms with van der Waals surface area (Å²) in [6.07, 6.45) is 3.56. The van der Waals surface area contributed by atoms with E-state index in [0.29, 0.717) is 0 Å². The van der Waals surface area contributed by atoms with E-state index in [1.807, 2.05) is 14.1 Å². The molecule has 0 spiro atoms. The van der Waals surface area contributed by atoms with Gasteiger partial charge in [-0.25, -0.2) is 0 Å². The number of nitrogens with two attached hydrogens (primary N) is 1. The smallest absolute Gasteiger partial charge is 0.000662 e. The molecule has 0 saturated heterocycles. The average molecular weight is 216 g/mol. The first-order chi connectivity index (χ1) is 7.35. The van der Waals surface area contributed by atoms with Crippen LogP contribution in [0.4, 0.5) is 0 Å². The van der Waals surface area contributed by atoms with Gasteiger partial charge in [-0.15, -0.1) is 0 Å². The summed E-state index contributed by atoms with van der Waals surface area (Å²) >= 11 is 0. The van der Waals surface area contributed by atoms with Gasteiger partial charge in [0.1, 0.15) is 0 Å². The highest BCUT2D eigenvalue weighted by Gasteiger charge is 2.02. The second-order valence-electron chi connectivity index (χ2n) is 3.90. The standard InChI is InChI=1S/C11H28N4/c1-13-7-4-10-15(9-3-6-12)11-5-8-14-2/h13-14H,3-12H2,1-2H3. The third kappa shape index (κ3) is 10.1. The molecule has 15 heavy (non-hydrogen) atoms. The van der Waals surface area contributed by atoms with Crippen molar-refractivity contribution in [1.82, 2.24) is 15.5 Å². The van der Waals surface area contributed by atoms with E-state index in [9.17, 15) is 0 Å². The van der Waals surface area contributed by atoms with Crippen molar-refractivity contribution in [3.8, 4) is 0 Å². The Bertz CT molecular complexity index is 109. The highest BCUT2D eigenvalue weighted by molar-refractivity contribution is 4.60. The molecule has 0 aliphatic rings.